The van der Waals surface area contributed by atoms with Crippen LogP contribution in [0.25, 0.3) is 22.3 Å². The first-order valence-corrected chi connectivity index (χ1v) is 12.8. The molecule has 6 rings (SSSR count). The Balaban J connectivity index is 1.11. The van der Waals surface area contributed by atoms with Gasteiger partial charge < -0.3 is 4.98 Å². The minimum Gasteiger partial charge on any atom is -0.346 e. The van der Waals surface area contributed by atoms with Crippen molar-refractivity contribution in [1.29, 1.82) is 5.26 Å². The van der Waals surface area contributed by atoms with Gasteiger partial charge >= 0.3 is 6.18 Å². The number of nitrogens with one attached hydrogen (secondary N) is 1. The first-order chi connectivity index (χ1) is 18.8. The molecule has 1 aromatic carbocycles. The van der Waals surface area contributed by atoms with Gasteiger partial charge in [-0.2, -0.15) is 23.5 Å². The molecule has 5 heterocycles. The van der Waals surface area contributed by atoms with Crippen molar-refractivity contribution in [3.8, 4) is 17.3 Å². The standard InChI is InChI=1S/C27H26F4N8/c28-23-3-1-2-22(27(29,30)31)21(23)14-37-10-5-19(6-11-37)38-15-26(16-38,7-8-32)39-13-18(12-36-39)24-20-4-9-33-25(20)35-17-34-24/h1-4,9,12-13,17,19H,5-7,10-11,14-16H2,(H,33,34,35). The number of benzene rings is 1. The van der Waals surface area contributed by atoms with Gasteiger partial charge in [-0.15, -0.1) is 0 Å². The van der Waals surface area contributed by atoms with Crippen LogP contribution in [0.4, 0.5) is 17.6 Å². The molecule has 0 atom stereocenters. The maximum Gasteiger partial charge on any atom is 0.416 e. The van der Waals surface area contributed by atoms with Crippen molar-refractivity contribution < 1.29 is 17.6 Å². The van der Waals surface area contributed by atoms with Gasteiger partial charge in [-0.05, 0) is 44.1 Å². The molecule has 202 valence electrons. The molecule has 2 aliphatic rings. The molecule has 39 heavy (non-hydrogen) atoms. The molecular weight excluding hydrogens is 512 g/mol. The summed E-state index contributed by atoms with van der Waals surface area (Å²) in [7, 11) is 0. The highest BCUT2D eigenvalue weighted by Crippen LogP contribution is 2.38. The lowest BCUT2D eigenvalue weighted by atomic mass is 9.83. The Bertz CT molecular complexity index is 1520. The van der Waals surface area contributed by atoms with E-state index in [4.69, 9.17) is 0 Å². The van der Waals surface area contributed by atoms with Crippen LogP contribution < -0.4 is 0 Å². The number of piperidine rings is 1. The summed E-state index contributed by atoms with van der Waals surface area (Å²) in [5, 5.41) is 15.1. The van der Waals surface area contributed by atoms with Crippen LogP contribution in [0.2, 0.25) is 0 Å². The Hall–Kier alpha value is -3.82. The number of fused-ring (bicyclic) bond motifs is 1. The zero-order chi connectivity index (χ0) is 27.2. The van der Waals surface area contributed by atoms with Crippen molar-refractivity contribution in [3.05, 3.63) is 66.1 Å². The Morgan fingerprint density at radius 3 is 2.67 bits per heavy atom. The fraction of sp³-hybridized carbons (Fsp3) is 0.407. The van der Waals surface area contributed by atoms with Crippen LogP contribution in [0.1, 0.15) is 30.4 Å². The van der Waals surface area contributed by atoms with Gasteiger partial charge in [0.1, 0.15) is 23.3 Å². The molecule has 2 fully saturated rings. The number of aromatic amines is 1. The van der Waals surface area contributed by atoms with E-state index in [1.54, 1.807) is 6.20 Å². The van der Waals surface area contributed by atoms with Gasteiger partial charge in [-0.25, -0.2) is 14.4 Å². The molecule has 4 aromatic rings. The quantitative estimate of drug-likeness (QED) is 0.362. The second kappa shape index (κ2) is 9.73. The molecule has 1 N–H and O–H groups in total. The number of nitrogens with zero attached hydrogens (tertiary/aromatic N) is 7. The number of likely N-dealkylation sites (tertiary alicyclic amines) is 2. The van der Waals surface area contributed by atoms with Gasteiger partial charge in [0, 0.05) is 54.6 Å². The molecule has 0 radical (unpaired) electrons. The highest BCUT2D eigenvalue weighted by atomic mass is 19.4. The molecule has 0 amide bonds. The van der Waals surface area contributed by atoms with E-state index in [1.807, 2.05) is 28.0 Å². The summed E-state index contributed by atoms with van der Waals surface area (Å²) in [5.74, 6) is -0.825. The third kappa shape index (κ3) is 4.66. The summed E-state index contributed by atoms with van der Waals surface area (Å²) in [6, 6.07) is 7.59. The van der Waals surface area contributed by atoms with Crippen molar-refractivity contribution in [2.75, 3.05) is 26.2 Å². The van der Waals surface area contributed by atoms with Gasteiger partial charge in [0.05, 0.1) is 29.9 Å². The SMILES string of the molecule is N#CCC1(n2cc(-c3ncnc4[nH]ccc34)cn2)CN(C2CCN(Cc3c(F)cccc3C(F)(F)F)CC2)C1. The Morgan fingerprint density at radius 1 is 1.13 bits per heavy atom. The zero-order valence-electron chi connectivity index (χ0n) is 21.0. The fourth-order valence-electron chi connectivity index (χ4n) is 5.91. The number of H-pyrrole nitrogens is 1. The second-order valence-corrected chi connectivity index (χ2v) is 10.4. The molecule has 0 unspecified atom stereocenters. The minimum atomic E-state index is -4.59. The number of rotatable bonds is 6. The molecule has 0 aliphatic carbocycles. The number of hydrogen-bond donors (Lipinski definition) is 1. The van der Waals surface area contributed by atoms with Crippen LogP contribution in [0.5, 0.6) is 0 Å². The van der Waals surface area contributed by atoms with E-state index >= 15 is 0 Å². The lowest BCUT2D eigenvalue weighted by Gasteiger charge is -2.53. The average Bonchev–Trinajstić information content (AvgIpc) is 3.57. The molecule has 0 spiro atoms. The van der Waals surface area contributed by atoms with Gasteiger partial charge in [0.2, 0.25) is 0 Å². The van der Waals surface area contributed by atoms with Crippen molar-refractivity contribution in [2.24, 2.45) is 0 Å². The summed E-state index contributed by atoms with van der Waals surface area (Å²) in [4.78, 5) is 15.9. The molecule has 8 nitrogen and oxygen atoms in total. The first-order valence-electron chi connectivity index (χ1n) is 12.8. The maximum atomic E-state index is 14.3. The van der Waals surface area contributed by atoms with Crippen LogP contribution >= 0.6 is 0 Å². The molecule has 3 aromatic heterocycles. The lowest BCUT2D eigenvalue weighted by molar-refractivity contribution is -0.138. The smallest absolute Gasteiger partial charge is 0.346 e. The van der Waals surface area contributed by atoms with Crippen LogP contribution in [-0.4, -0.2) is 66.8 Å². The van der Waals surface area contributed by atoms with Crippen LogP contribution in [-0.2, 0) is 18.3 Å². The van der Waals surface area contributed by atoms with E-state index < -0.39 is 23.1 Å². The van der Waals surface area contributed by atoms with Crippen molar-refractivity contribution in [3.63, 3.8) is 0 Å². The van der Waals surface area contributed by atoms with Gasteiger partial charge in [-0.1, -0.05) is 6.07 Å². The van der Waals surface area contributed by atoms with E-state index in [1.165, 1.54) is 6.33 Å². The Labute approximate surface area is 221 Å². The van der Waals surface area contributed by atoms with Gasteiger partial charge in [0.25, 0.3) is 0 Å². The lowest BCUT2D eigenvalue weighted by Crippen LogP contribution is -2.66. The summed E-state index contributed by atoms with van der Waals surface area (Å²) < 4.78 is 56.4. The molecule has 2 aliphatic heterocycles. The highest BCUT2D eigenvalue weighted by Gasteiger charge is 2.48. The van der Waals surface area contributed by atoms with Crippen molar-refractivity contribution in [2.45, 2.75) is 43.6 Å². The second-order valence-electron chi connectivity index (χ2n) is 10.4. The summed E-state index contributed by atoms with van der Waals surface area (Å²) in [6.07, 6.45) is 4.23. The predicted molar refractivity (Wildman–Crippen MR) is 135 cm³/mol. The van der Waals surface area contributed by atoms with Crippen molar-refractivity contribution in [1.82, 2.24) is 34.5 Å². The topological polar surface area (TPSA) is 89.7 Å². The maximum absolute atomic E-state index is 14.3. The van der Waals surface area contributed by atoms with Gasteiger partial charge in [-0.3, -0.25) is 14.5 Å². The minimum absolute atomic E-state index is 0.0693. The average molecular weight is 539 g/mol. The Morgan fingerprint density at radius 2 is 1.92 bits per heavy atom. The molecule has 0 bridgehead atoms. The van der Waals surface area contributed by atoms with Crippen LogP contribution in [0.3, 0.4) is 0 Å². The number of nitriles is 1. The summed E-state index contributed by atoms with van der Waals surface area (Å²) in [5.41, 5.74) is 0.694. The van der Waals surface area contributed by atoms with E-state index in [0.29, 0.717) is 32.6 Å². The number of aromatic nitrogens is 5. The normalized spacial score (nSPS) is 18.7. The van der Waals surface area contributed by atoms with Gasteiger partial charge in [0.15, 0.2) is 0 Å². The number of alkyl halides is 3. The Kier molecular flexibility index (Phi) is 6.35. The van der Waals surface area contributed by atoms with E-state index in [9.17, 15) is 22.8 Å². The number of halogens is 4. The predicted octanol–water partition coefficient (Wildman–Crippen LogP) is 4.57. The van der Waals surface area contributed by atoms with E-state index in [0.717, 1.165) is 53.3 Å². The largest absolute Gasteiger partial charge is 0.416 e. The van der Waals surface area contributed by atoms with Crippen LogP contribution in [0, 0.1) is 17.1 Å². The third-order valence-electron chi connectivity index (χ3n) is 7.98. The molecular formula is C27H26F4N8. The highest BCUT2D eigenvalue weighted by molar-refractivity contribution is 5.90. The third-order valence-corrected chi connectivity index (χ3v) is 7.98. The van der Waals surface area contributed by atoms with E-state index in [2.05, 4.69) is 31.0 Å². The first kappa shape index (κ1) is 25.5. The zero-order valence-corrected chi connectivity index (χ0v) is 21.0. The van der Waals surface area contributed by atoms with Crippen LogP contribution in [0.15, 0.2) is 49.2 Å². The number of hydrogen-bond acceptors (Lipinski definition) is 6. The molecule has 0 saturated carbocycles. The van der Waals surface area contributed by atoms with Crippen molar-refractivity contribution >= 4 is 11.0 Å². The fourth-order valence-corrected chi connectivity index (χ4v) is 5.91. The molecule has 12 heteroatoms. The van der Waals surface area contributed by atoms with E-state index in [-0.39, 0.29) is 18.2 Å². The monoisotopic (exact) mass is 538 g/mol. The summed E-state index contributed by atoms with van der Waals surface area (Å²) in [6.45, 7) is 2.39. The molecule has 2 saturated heterocycles. The summed E-state index contributed by atoms with van der Waals surface area (Å²) >= 11 is 0.